The van der Waals surface area contributed by atoms with Crippen molar-refractivity contribution in [3.8, 4) is 0 Å². The maximum absolute atomic E-state index is 12.3. The number of hydrogen-bond donors (Lipinski definition) is 6. The highest BCUT2D eigenvalue weighted by molar-refractivity contribution is 5.84. The number of nitrogens with one attached hydrogen (secondary N) is 6. The summed E-state index contributed by atoms with van der Waals surface area (Å²) in [4.78, 5) is 73.2. The number of ether oxygens (including phenoxy) is 6. The number of carbonyl (C=O) groups excluding carboxylic acids is 6. The topological polar surface area (TPSA) is 230 Å². The monoisotopic (exact) mass is 1510 g/mol. The molecule has 0 radical (unpaired) electrons. The molecule has 18 heteroatoms. The molecule has 0 aromatic rings. The summed E-state index contributed by atoms with van der Waals surface area (Å²) in [5, 5.41) is 18.2. The van der Waals surface area contributed by atoms with Crippen LogP contribution in [0.15, 0.2) is 12.2 Å². The van der Waals surface area contributed by atoms with Gasteiger partial charge < -0.3 is 60.3 Å². The Kier molecular flexibility index (Phi) is 37.7. The van der Waals surface area contributed by atoms with Crippen LogP contribution in [-0.4, -0.2) is 145 Å². The SMILES string of the molecule is C=C(C)CC(OCC1CC1)C(=O)NC(C)(C)C.CC(C)(C)CC(OCC1CC1)C(=O)NC(C)(C)C.CC(C)(C)NC(=O)C(CC1CC1)OCC1CC1.CC(C)(C)NC(=O)C(CC1CCC1)OCC1CC1.CC(C)(C)NC(=O)C(CC1CCCC1)OCC1CC1.CC1CC1CC(OCC1CC1)C(=O)NC(C)(C)C. The molecular weight excluding hydrogens is 1350 g/mol. The molecular formula is C89H162N6O12. The summed E-state index contributed by atoms with van der Waals surface area (Å²) in [6, 6.07) is 0. The number of carbonyl (C=O) groups is 6. The molecule has 620 valence electrons. The van der Waals surface area contributed by atoms with Crippen LogP contribution in [0.25, 0.3) is 0 Å². The smallest absolute Gasteiger partial charge is 0.249 e. The highest BCUT2D eigenvalue weighted by Crippen LogP contribution is 2.43. The summed E-state index contributed by atoms with van der Waals surface area (Å²) in [6.07, 6.45) is 31.4. The molecule has 0 aromatic carbocycles. The Morgan fingerprint density at radius 1 is 0.308 bits per heavy atom. The Morgan fingerprint density at radius 3 is 0.720 bits per heavy atom. The van der Waals surface area contributed by atoms with E-state index in [9.17, 15) is 28.8 Å². The van der Waals surface area contributed by atoms with Crippen molar-refractivity contribution in [3.63, 3.8) is 0 Å². The van der Waals surface area contributed by atoms with E-state index in [0.29, 0.717) is 54.5 Å². The van der Waals surface area contributed by atoms with Gasteiger partial charge in [0.1, 0.15) is 36.6 Å². The van der Waals surface area contributed by atoms with E-state index in [1.165, 1.54) is 141 Å². The largest absolute Gasteiger partial charge is 0.368 e. The van der Waals surface area contributed by atoms with E-state index in [2.05, 4.69) is 66.2 Å². The van der Waals surface area contributed by atoms with Gasteiger partial charge in [-0.05, 0) is 318 Å². The Hall–Kier alpha value is -3.68. The van der Waals surface area contributed by atoms with Crippen LogP contribution < -0.4 is 31.9 Å². The summed E-state index contributed by atoms with van der Waals surface area (Å²) >= 11 is 0. The first-order chi connectivity index (χ1) is 49.5. The van der Waals surface area contributed by atoms with Crippen molar-refractivity contribution >= 4 is 35.4 Å². The molecule has 0 aromatic heterocycles. The average molecular weight is 1510 g/mol. The molecule has 6 amide bonds. The first kappa shape index (κ1) is 93.9. The van der Waals surface area contributed by atoms with E-state index in [1.807, 2.05) is 132 Å². The van der Waals surface area contributed by atoms with Gasteiger partial charge in [-0.15, -0.1) is 6.58 Å². The maximum Gasteiger partial charge on any atom is 0.249 e. The Bertz CT molecular complexity index is 2620. The first-order valence-corrected chi connectivity index (χ1v) is 42.8. The molecule has 8 atom stereocenters. The highest BCUT2D eigenvalue weighted by Gasteiger charge is 2.40. The highest BCUT2D eigenvalue weighted by atomic mass is 16.5. The second-order valence-electron chi connectivity index (χ2n) is 42.3. The Morgan fingerprint density at radius 2 is 0.514 bits per heavy atom. The minimum atomic E-state index is -0.382. The lowest BCUT2D eigenvalue weighted by molar-refractivity contribution is -0.137. The Balaban J connectivity index is 0.000000230. The standard InChI is InChI=1S/C16H29NO2.2C15H27NO2.C15H29NO2.2C14H25NO2/c1-16(2,3)17-15(18)14(19-11-13-8-9-13)10-12-6-4-5-7-12;1-10-7-12(10)8-13(18-9-11-5-6-11)14(17)16-15(2,3)4;1-15(2,3)16-14(17)13(9-11-5-4-6-11)18-10-12-7-8-12;1-14(2,3)9-12(18-10-11-7-8-11)13(17)16-15(4,5)6;1-14(2,3)15-13(16)12(8-10-4-5-10)17-9-11-6-7-11;1-10(2)8-12(17-9-11-6-7-11)13(16)15-14(3,4)5/h12-14H,4-11H2,1-3H3,(H,17,18);10-13H,5-9H2,1-4H3,(H,16,17);11-13H,4-10H2,1-3H3,(H,16,17);11-12H,7-10H2,1-6H3,(H,16,17);10-12H,4-9H2,1-3H3,(H,15,16);11-12H,1,6-9H2,2-5H3,(H,15,16). The first-order valence-electron chi connectivity index (χ1n) is 42.8. The van der Waals surface area contributed by atoms with Gasteiger partial charge in [0.2, 0.25) is 35.4 Å². The molecule has 10 aliphatic rings. The van der Waals surface area contributed by atoms with Crippen molar-refractivity contribution in [1.82, 2.24) is 31.9 Å². The fourth-order valence-electron chi connectivity index (χ4n) is 12.5. The van der Waals surface area contributed by atoms with Crippen LogP contribution in [0, 0.1) is 70.5 Å². The summed E-state index contributed by atoms with van der Waals surface area (Å²) in [5.41, 5.74) is -0.0107. The van der Waals surface area contributed by atoms with Crippen LogP contribution in [0.1, 0.15) is 339 Å². The van der Waals surface area contributed by atoms with Gasteiger partial charge in [-0.25, -0.2) is 0 Å². The molecule has 10 saturated carbocycles. The van der Waals surface area contributed by atoms with E-state index in [-0.39, 0.29) is 111 Å². The van der Waals surface area contributed by atoms with E-state index in [0.717, 1.165) is 94.4 Å². The fourth-order valence-corrected chi connectivity index (χ4v) is 12.5. The van der Waals surface area contributed by atoms with Gasteiger partial charge in [0.05, 0.1) is 39.6 Å². The van der Waals surface area contributed by atoms with Gasteiger partial charge in [0.25, 0.3) is 0 Å². The van der Waals surface area contributed by atoms with Gasteiger partial charge in [-0.3, -0.25) is 28.8 Å². The number of hydrogen-bond acceptors (Lipinski definition) is 12. The fraction of sp³-hybridized carbons (Fsp3) is 0.910. The van der Waals surface area contributed by atoms with Crippen molar-refractivity contribution in [1.29, 1.82) is 0 Å². The zero-order valence-electron chi connectivity index (χ0n) is 72.5. The lowest BCUT2D eigenvalue weighted by Gasteiger charge is -2.31. The van der Waals surface area contributed by atoms with Gasteiger partial charge >= 0.3 is 0 Å². The third kappa shape index (κ3) is 48.8. The van der Waals surface area contributed by atoms with E-state index in [1.54, 1.807) is 0 Å². The maximum atomic E-state index is 12.3. The molecule has 0 aliphatic heterocycles. The molecule has 6 N–H and O–H groups in total. The molecule has 107 heavy (non-hydrogen) atoms. The molecule has 10 aliphatic carbocycles. The lowest BCUT2D eigenvalue weighted by atomic mass is 9.81. The summed E-state index contributed by atoms with van der Waals surface area (Å²) in [6.45, 7) is 55.2. The zero-order chi connectivity index (χ0) is 79.9. The second kappa shape index (κ2) is 43.0. The van der Waals surface area contributed by atoms with E-state index in [4.69, 9.17) is 28.4 Å². The van der Waals surface area contributed by atoms with Crippen LogP contribution in [0.5, 0.6) is 0 Å². The normalized spacial score (nSPS) is 22.1. The average Bonchev–Trinajstić information content (AvgIpc) is 1.70. The minimum absolute atomic E-state index is 0.0260. The second-order valence-corrected chi connectivity index (χ2v) is 42.3. The molecule has 0 saturated heterocycles. The van der Waals surface area contributed by atoms with Crippen molar-refractivity contribution in [2.45, 2.75) is 409 Å². The van der Waals surface area contributed by atoms with Gasteiger partial charge in [-0.1, -0.05) is 91.1 Å². The van der Waals surface area contributed by atoms with Crippen LogP contribution >= 0.6 is 0 Å². The van der Waals surface area contributed by atoms with Gasteiger partial charge in [0.15, 0.2) is 0 Å². The van der Waals surface area contributed by atoms with Crippen LogP contribution in [0.3, 0.4) is 0 Å². The molecule has 0 spiro atoms. The number of rotatable bonds is 35. The predicted octanol–water partition coefficient (Wildman–Crippen LogP) is 17.2. The molecule has 18 nitrogen and oxygen atoms in total. The lowest BCUT2D eigenvalue weighted by Crippen LogP contribution is -2.47. The zero-order valence-corrected chi connectivity index (χ0v) is 72.5. The predicted molar refractivity (Wildman–Crippen MR) is 433 cm³/mol. The Labute approximate surface area is 652 Å². The van der Waals surface area contributed by atoms with E-state index < -0.39 is 0 Å². The molecule has 8 unspecified atom stereocenters. The van der Waals surface area contributed by atoms with Crippen molar-refractivity contribution in [3.05, 3.63) is 12.2 Å². The summed E-state index contributed by atoms with van der Waals surface area (Å²) < 4.78 is 35.0. The van der Waals surface area contributed by atoms with Crippen molar-refractivity contribution < 1.29 is 57.2 Å². The molecule has 10 fully saturated rings. The molecule has 10 rings (SSSR count). The van der Waals surface area contributed by atoms with Crippen LogP contribution in [0.2, 0.25) is 0 Å². The number of amides is 6. The summed E-state index contributed by atoms with van der Waals surface area (Å²) in [7, 11) is 0. The third-order valence-corrected chi connectivity index (χ3v) is 20.3. The third-order valence-electron chi connectivity index (χ3n) is 20.3. The van der Waals surface area contributed by atoms with Gasteiger partial charge in [0, 0.05) is 39.7 Å². The molecule has 0 heterocycles. The quantitative estimate of drug-likeness (QED) is 0.0326. The van der Waals surface area contributed by atoms with Crippen LogP contribution in [0.4, 0.5) is 0 Å². The van der Waals surface area contributed by atoms with Crippen molar-refractivity contribution in [2.75, 3.05) is 39.6 Å². The summed E-state index contributed by atoms with van der Waals surface area (Å²) in [5.74, 6) is 8.14. The van der Waals surface area contributed by atoms with Crippen molar-refractivity contribution in [2.24, 2.45) is 70.5 Å². The van der Waals surface area contributed by atoms with E-state index >= 15 is 0 Å². The van der Waals surface area contributed by atoms with Crippen LogP contribution in [-0.2, 0) is 57.2 Å². The molecule has 0 bridgehead atoms. The minimum Gasteiger partial charge on any atom is -0.368 e. The van der Waals surface area contributed by atoms with Gasteiger partial charge in [-0.2, -0.15) is 0 Å².